The van der Waals surface area contributed by atoms with Crippen molar-refractivity contribution >= 4 is 10.9 Å². The largest absolute Gasteiger partial charge is 0.496 e. The zero-order valence-corrected chi connectivity index (χ0v) is 7.40. The fourth-order valence-electron chi connectivity index (χ4n) is 1.25. The molecule has 0 atom stereocenters. The number of hydrogen-bond acceptors (Lipinski definition) is 4. The molecule has 0 amide bonds. The molecule has 2 rings (SSSR count). The van der Waals surface area contributed by atoms with Crippen LogP contribution >= 0.6 is 0 Å². The monoisotopic (exact) mass is 179 g/mol. The van der Waals surface area contributed by atoms with Crippen molar-refractivity contribution in [1.29, 1.82) is 0 Å². The topological polar surface area (TPSA) is 44.5 Å². The summed E-state index contributed by atoms with van der Waals surface area (Å²) in [5.41, 5.74) is 0.733. The van der Waals surface area contributed by atoms with Crippen LogP contribution in [-0.4, -0.2) is 19.4 Å². The summed E-state index contributed by atoms with van der Waals surface area (Å²) in [7, 11) is 3.13. The highest BCUT2D eigenvalue weighted by molar-refractivity contribution is 5.89. The lowest BCUT2D eigenvalue weighted by Crippen LogP contribution is -1.85. The van der Waals surface area contributed by atoms with E-state index in [1.165, 1.54) is 7.11 Å². The molecule has 0 radical (unpaired) electrons. The van der Waals surface area contributed by atoms with Crippen LogP contribution in [0.2, 0.25) is 0 Å². The van der Waals surface area contributed by atoms with Gasteiger partial charge < -0.3 is 14.0 Å². The summed E-state index contributed by atoms with van der Waals surface area (Å²) in [6, 6.07) is 5.52. The number of rotatable bonds is 2. The summed E-state index contributed by atoms with van der Waals surface area (Å²) >= 11 is 0. The Labute approximate surface area is 75.0 Å². The number of ether oxygens (including phenoxy) is 2. The third-order valence-corrected chi connectivity index (χ3v) is 1.84. The molecular formula is C9H9NO3. The van der Waals surface area contributed by atoms with Crippen LogP contribution < -0.4 is 9.47 Å². The molecule has 4 heteroatoms. The maximum Gasteiger partial charge on any atom is 0.322 e. The molecule has 1 heterocycles. The minimum absolute atomic E-state index is 0.382. The Bertz CT molecular complexity index is 422. The second-order valence-corrected chi connectivity index (χ2v) is 2.53. The van der Waals surface area contributed by atoms with E-state index in [-0.39, 0.29) is 0 Å². The van der Waals surface area contributed by atoms with Gasteiger partial charge in [0.05, 0.1) is 14.2 Å². The highest BCUT2D eigenvalue weighted by Crippen LogP contribution is 2.33. The van der Waals surface area contributed by atoms with Gasteiger partial charge in [0.1, 0.15) is 16.7 Å². The number of methoxy groups -OCH3 is 2. The first kappa shape index (κ1) is 7.91. The first-order valence-electron chi connectivity index (χ1n) is 3.83. The highest BCUT2D eigenvalue weighted by atomic mass is 16.6. The fourth-order valence-corrected chi connectivity index (χ4v) is 1.25. The second-order valence-electron chi connectivity index (χ2n) is 2.53. The quantitative estimate of drug-likeness (QED) is 0.705. The molecule has 0 saturated carbocycles. The summed E-state index contributed by atoms with van der Waals surface area (Å²) < 4.78 is 15.1. The smallest absolute Gasteiger partial charge is 0.322 e. The van der Waals surface area contributed by atoms with E-state index in [0.717, 1.165) is 10.9 Å². The minimum atomic E-state index is 0.382. The lowest BCUT2D eigenvalue weighted by molar-refractivity contribution is 0.265. The van der Waals surface area contributed by atoms with Gasteiger partial charge >= 0.3 is 5.95 Å². The van der Waals surface area contributed by atoms with Crippen LogP contribution in [0.1, 0.15) is 0 Å². The molecule has 0 aliphatic rings. The van der Waals surface area contributed by atoms with Gasteiger partial charge in [-0.05, 0) is 12.1 Å². The van der Waals surface area contributed by atoms with Gasteiger partial charge in [0.25, 0.3) is 0 Å². The predicted octanol–water partition coefficient (Wildman–Crippen LogP) is 1.84. The number of aromatic nitrogens is 1. The zero-order valence-electron chi connectivity index (χ0n) is 7.40. The molecule has 0 unspecified atom stereocenters. The third-order valence-electron chi connectivity index (χ3n) is 1.84. The Balaban J connectivity index is 2.76. The van der Waals surface area contributed by atoms with Gasteiger partial charge in [-0.3, -0.25) is 0 Å². The summed E-state index contributed by atoms with van der Waals surface area (Å²) in [4.78, 5) is 0. The molecule has 0 saturated heterocycles. The molecule has 68 valence electrons. The van der Waals surface area contributed by atoms with Crippen molar-refractivity contribution in [1.82, 2.24) is 5.16 Å². The van der Waals surface area contributed by atoms with Gasteiger partial charge in [-0.1, -0.05) is 11.2 Å². The molecule has 1 aromatic carbocycles. The minimum Gasteiger partial charge on any atom is -0.496 e. The van der Waals surface area contributed by atoms with E-state index in [1.807, 2.05) is 18.2 Å². The SMILES string of the molecule is COc1cccc2noc(OC)c12. The first-order chi connectivity index (χ1) is 6.36. The van der Waals surface area contributed by atoms with Crippen LogP contribution in [-0.2, 0) is 0 Å². The van der Waals surface area contributed by atoms with Crippen molar-refractivity contribution in [3.63, 3.8) is 0 Å². The maximum atomic E-state index is 5.15. The van der Waals surface area contributed by atoms with E-state index in [9.17, 15) is 0 Å². The van der Waals surface area contributed by atoms with E-state index < -0.39 is 0 Å². The Hall–Kier alpha value is -1.71. The zero-order chi connectivity index (χ0) is 9.26. The van der Waals surface area contributed by atoms with Gasteiger partial charge in [0.2, 0.25) is 0 Å². The van der Waals surface area contributed by atoms with E-state index in [0.29, 0.717) is 11.7 Å². The maximum absolute atomic E-state index is 5.15. The van der Waals surface area contributed by atoms with Crippen molar-refractivity contribution in [2.24, 2.45) is 0 Å². The lowest BCUT2D eigenvalue weighted by Gasteiger charge is -2.00. The van der Waals surface area contributed by atoms with Crippen molar-refractivity contribution in [2.75, 3.05) is 14.2 Å². The average molecular weight is 179 g/mol. The van der Waals surface area contributed by atoms with Crippen LogP contribution in [0.25, 0.3) is 10.9 Å². The number of hydrogen-bond donors (Lipinski definition) is 0. The van der Waals surface area contributed by atoms with Crippen molar-refractivity contribution in [3.8, 4) is 11.7 Å². The number of benzene rings is 1. The molecule has 1 aromatic heterocycles. The molecule has 0 N–H and O–H groups in total. The Kier molecular flexibility index (Phi) is 1.81. The predicted molar refractivity (Wildman–Crippen MR) is 47.1 cm³/mol. The van der Waals surface area contributed by atoms with Crippen LogP contribution in [0.4, 0.5) is 0 Å². The molecule has 0 aliphatic carbocycles. The van der Waals surface area contributed by atoms with E-state index in [2.05, 4.69) is 5.16 Å². The summed E-state index contributed by atoms with van der Waals surface area (Å²) in [5, 5.41) is 4.59. The van der Waals surface area contributed by atoms with Crippen LogP contribution in [0.15, 0.2) is 22.7 Å². The first-order valence-corrected chi connectivity index (χ1v) is 3.83. The standard InChI is InChI=1S/C9H9NO3/c1-11-7-5-3-4-6-8(7)9(12-2)13-10-6/h3-5H,1-2H3. The van der Waals surface area contributed by atoms with Gasteiger partial charge in [-0.2, -0.15) is 0 Å². The van der Waals surface area contributed by atoms with Gasteiger partial charge in [-0.15, -0.1) is 0 Å². The van der Waals surface area contributed by atoms with Crippen molar-refractivity contribution in [3.05, 3.63) is 18.2 Å². The van der Waals surface area contributed by atoms with Crippen molar-refractivity contribution in [2.45, 2.75) is 0 Å². The van der Waals surface area contributed by atoms with Gasteiger partial charge in [0, 0.05) is 0 Å². The fraction of sp³-hybridized carbons (Fsp3) is 0.222. The van der Waals surface area contributed by atoms with Crippen LogP contribution in [0.3, 0.4) is 0 Å². The molecule has 2 aromatic rings. The Morgan fingerprint density at radius 3 is 2.77 bits per heavy atom. The summed E-state index contributed by atoms with van der Waals surface area (Å²) in [6.45, 7) is 0. The normalized spacial score (nSPS) is 10.3. The van der Waals surface area contributed by atoms with Crippen LogP contribution in [0.5, 0.6) is 11.7 Å². The second kappa shape index (κ2) is 2.97. The Morgan fingerprint density at radius 2 is 2.08 bits per heavy atom. The van der Waals surface area contributed by atoms with E-state index in [4.69, 9.17) is 14.0 Å². The lowest BCUT2D eigenvalue weighted by atomic mass is 10.2. The molecule has 0 bridgehead atoms. The van der Waals surface area contributed by atoms with E-state index in [1.54, 1.807) is 7.11 Å². The highest BCUT2D eigenvalue weighted by Gasteiger charge is 2.12. The molecule has 0 aliphatic heterocycles. The van der Waals surface area contributed by atoms with Gasteiger partial charge in [0.15, 0.2) is 0 Å². The van der Waals surface area contributed by atoms with Gasteiger partial charge in [-0.25, -0.2) is 0 Å². The Morgan fingerprint density at radius 1 is 1.23 bits per heavy atom. The summed E-state index contributed by atoms with van der Waals surface area (Å²) in [5.74, 6) is 1.09. The molecule has 0 fully saturated rings. The van der Waals surface area contributed by atoms with Crippen LogP contribution in [0, 0.1) is 0 Å². The number of nitrogens with zero attached hydrogens (tertiary/aromatic N) is 1. The number of fused-ring (bicyclic) bond motifs is 1. The van der Waals surface area contributed by atoms with E-state index >= 15 is 0 Å². The molecule has 13 heavy (non-hydrogen) atoms. The molecule has 0 spiro atoms. The third kappa shape index (κ3) is 1.11. The average Bonchev–Trinajstić information content (AvgIpc) is 2.60. The molecule has 4 nitrogen and oxygen atoms in total. The van der Waals surface area contributed by atoms with Crippen molar-refractivity contribution < 1.29 is 14.0 Å². The molecular weight excluding hydrogens is 170 g/mol. The summed E-state index contributed by atoms with van der Waals surface area (Å²) in [6.07, 6.45) is 0.